The van der Waals surface area contributed by atoms with E-state index in [1.165, 1.54) is 38.5 Å². The van der Waals surface area contributed by atoms with Crippen molar-refractivity contribution in [2.24, 2.45) is 17.6 Å². The average Bonchev–Trinajstić information content (AvgIpc) is 2.10. The van der Waals surface area contributed by atoms with Crippen LogP contribution in [-0.4, -0.2) is 6.04 Å². The van der Waals surface area contributed by atoms with Gasteiger partial charge in [-0.05, 0) is 37.5 Å². The quantitative estimate of drug-likeness (QED) is 0.690. The maximum absolute atomic E-state index is 5.88. The Labute approximate surface area is 76.7 Å². The van der Waals surface area contributed by atoms with Crippen LogP contribution in [0.15, 0.2) is 0 Å². The van der Waals surface area contributed by atoms with Crippen molar-refractivity contribution in [3.8, 4) is 0 Å². The maximum atomic E-state index is 5.88. The molecule has 0 aromatic rings. The van der Waals surface area contributed by atoms with Gasteiger partial charge in [0.2, 0.25) is 0 Å². The van der Waals surface area contributed by atoms with Gasteiger partial charge in [0.15, 0.2) is 0 Å². The number of hydrogen-bond donors (Lipinski definition) is 1. The van der Waals surface area contributed by atoms with Crippen molar-refractivity contribution < 1.29 is 0 Å². The normalized spacial score (nSPS) is 31.0. The molecular formula is C11H23N. The highest BCUT2D eigenvalue weighted by Crippen LogP contribution is 2.32. The van der Waals surface area contributed by atoms with Crippen LogP contribution in [0.1, 0.15) is 52.4 Å². The molecule has 12 heavy (non-hydrogen) atoms. The predicted molar refractivity (Wildman–Crippen MR) is 54.0 cm³/mol. The van der Waals surface area contributed by atoms with E-state index in [1.54, 1.807) is 0 Å². The number of hydrogen-bond acceptors (Lipinski definition) is 1. The molecular weight excluding hydrogens is 146 g/mol. The third-order valence-corrected chi connectivity index (χ3v) is 3.53. The Bertz CT molecular complexity index is 110. The van der Waals surface area contributed by atoms with Crippen molar-refractivity contribution in [3.63, 3.8) is 0 Å². The molecule has 0 amide bonds. The highest BCUT2D eigenvalue weighted by atomic mass is 14.6. The zero-order valence-corrected chi connectivity index (χ0v) is 8.55. The molecule has 2 N–H and O–H groups in total. The molecule has 0 aromatic heterocycles. The topological polar surface area (TPSA) is 26.0 Å². The van der Waals surface area contributed by atoms with E-state index in [0.717, 1.165) is 11.8 Å². The first kappa shape index (κ1) is 10.0. The molecule has 0 spiro atoms. The van der Waals surface area contributed by atoms with Crippen LogP contribution >= 0.6 is 0 Å². The molecule has 0 radical (unpaired) electrons. The van der Waals surface area contributed by atoms with Gasteiger partial charge < -0.3 is 5.73 Å². The van der Waals surface area contributed by atoms with Gasteiger partial charge in [-0.15, -0.1) is 0 Å². The zero-order valence-electron chi connectivity index (χ0n) is 8.55. The van der Waals surface area contributed by atoms with Gasteiger partial charge >= 0.3 is 0 Å². The summed E-state index contributed by atoms with van der Waals surface area (Å²) >= 11 is 0. The minimum absolute atomic E-state index is 0.510. The van der Waals surface area contributed by atoms with Crippen LogP contribution in [0.4, 0.5) is 0 Å². The van der Waals surface area contributed by atoms with Crippen LogP contribution in [0, 0.1) is 11.8 Å². The third kappa shape index (κ3) is 2.48. The van der Waals surface area contributed by atoms with E-state index in [9.17, 15) is 0 Å². The summed E-state index contributed by atoms with van der Waals surface area (Å²) < 4.78 is 0. The Morgan fingerprint density at radius 1 is 1.08 bits per heavy atom. The van der Waals surface area contributed by atoms with E-state index in [0.29, 0.717) is 6.04 Å². The number of nitrogens with two attached hydrogens (primary N) is 1. The summed E-state index contributed by atoms with van der Waals surface area (Å²) in [5.41, 5.74) is 5.88. The summed E-state index contributed by atoms with van der Waals surface area (Å²) in [4.78, 5) is 0. The Morgan fingerprint density at radius 2 is 1.58 bits per heavy atom. The molecule has 1 saturated carbocycles. The SMILES string of the molecule is CCC(CC)C1CCC(N)CC1. The van der Waals surface area contributed by atoms with Gasteiger partial charge in [0.1, 0.15) is 0 Å². The predicted octanol–water partition coefficient (Wildman–Crippen LogP) is 2.94. The molecule has 0 atom stereocenters. The third-order valence-electron chi connectivity index (χ3n) is 3.53. The fraction of sp³-hybridized carbons (Fsp3) is 1.00. The van der Waals surface area contributed by atoms with Crippen LogP contribution in [-0.2, 0) is 0 Å². The molecule has 0 saturated heterocycles. The van der Waals surface area contributed by atoms with Crippen molar-refractivity contribution in [2.75, 3.05) is 0 Å². The molecule has 0 heterocycles. The van der Waals surface area contributed by atoms with Crippen molar-refractivity contribution >= 4 is 0 Å². The summed E-state index contributed by atoms with van der Waals surface area (Å²) in [5, 5.41) is 0. The minimum atomic E-state index is 0.510. The second-order valence-corrected chi connectivity index (χ2v) is 4.25. The molecule has 1 aliphatic carbocycles. The molecule has 1 rings (SSSR count). The minimum Gasteiger partial charge on any atom is -0.328 e. The summed E-state index contributed by atoms with van der Waals surface area (Å²) in [6.45, 7) is 4.64. The average molecular weight is 169 g/mol. The van der Waals surface area contributed by atoms with Crippen LogP contribution in [0.25, 0.3) is 0 Å². The number of rotatable bonds is 3. The first-order chi connectivity index (χ1) is 5.77. The smallest absolute Gasteiger partial charge is 0.00390 e. The Balaban J connectivity index is 2.32. The second kappa shape index (κ2) is 4.86. The molecule has 0 bridgehead atoms. The summed E-state index contributed by atoms with van der Waals surface area (Å²) in [7, 11) is 0. The van der Waals surface area contributed by atoms with Crippen LogP contribution in [0.2, 0.25) is 0 Å². The lowest BCUT2D eigenvalue weighted by atomic mass is 9.76. The first-order valence-electron chi connectivity index (χ1n) is 5.53. The summed E-state index contributed by atoms with van der Waals surface area (Å²) in [6, 6.07) is 0.510. The van der Waals surface area contributed by atoms with Gasteiger partial charge in [-0.1, -0.05) is 26.7 Å². The lowest BCUT2D eigenvalue weighted by Crippen LogP contribution is -2.29. The summed E-state index contributed by atoms with van der Waals surface area (Å²) in [5.74, 6) is 1.96. The molecule has 72 valence electrons. The molecule has 0 aromatic carbocycles. The largest absolute Gasteiger partial charge is 0.328 e. The fourth-order valence-corrected chi connectivity index (χ4v) is 2.57. The standard InChI is InChI=1S/C11H23N/c1-3-9(4-2)10-5-7-11(12)8-6-10/h9-11H,3-8,12H2,1-2H3. The van der Waals surface area contributed by atoms with Crippen molar-refractivity contribution in [1.29, 1.82) is 0 Å². The first-order valence-corrected chi connectivity index (χ1v) is 5.53. The maximum Gasteiger partial charge on any atom is 0.00390 e. The second-order valence-electron chi connectivity index (χ2n) is 4.25. The highest BCUT2D eigenvalue weighted by Gasteiger charge is 2.23. The Hall–Kier alpha value is -0.0400. The van der Waals surface area contributed by atoms with Gasteiger partial charge in [-0.25, -0.2) is 0 Å². The van der Waals surface area contributed by atoms with Gasteiger partial charge in [0, 0.05) is 6.04 Å². The van der Waals surface area contributed by atoms with E-state index >= 15 is 0 Å². The molecule has 1 aliphatic rings. The fourth-order valence-electron chi connectivity index (χ4n) is 2.57. The lowest BCUT2D eigenvalue weighted by molar-refractivity contribution is 0.222. The molecule has 1 fully saturated rings. The van der Waals surface area contributed by atoms with Gasteiger partial charge in [0.05, 0.1) is 0 Å². The monoisotopic (exact) mass is 169 g/mol. The Kier molecular flexibility index (Phi) is 4.07. The van der Waals surface area contributed by atoms with Crippen LogP contribution in [0.5, 0.6) is 0 Å². The Morgan fingerprint density at radius 3 is 2.00 bits per heavy atom. The van der Waals surface area contributed by atoms with Crippen LogP contribution in [0.3, 0.4) is 0 Å². The molecule has 0 aliphatic heterocycles. The summed E-state index contributed by atoms with van der Waals surface area (Å²) in [6.07, 6.45) is 8.01. The van der Waals surface area contributed by atoms with Gasteiger partial charge in [-0.3, -0.25) is 0 Å². The lowest BCUT2D eigenvalue weighted by Gasteiger charge is -2.31. The van der Waals surface area contributed by atoms with E-state index in [4.69, 9.17) is 5.73 Å². The van der Waals surface area contributed by atoms with Crippen LogP contribution < -0.4 is 5.73 Å². The van der Waals surface area contributed by atoms with Crippen molar-refractivity contribution in [3.05, 3.63) is 0 Å². The molecule has 0 unspecified atom stereocenters. The van der Waals surface area contributed by atoms with E-state index < -0.39 is 0 Å². The van der Waals surface area contributed by atoms with Gasteiger partial charge in [-0.2, -0.15) is 0 Å². The van der Waals surface area contributed by atoms with Crippen molar-refractivity contribution in [1.82, 2.24) is 0 Å². The highest BCUT2D eigenvalue weighted by molar-refractivity contribution is 4.78. The zero-order chi connectivity index (χ0) is 8.97. The molecule has 1 nitrogen and oxygen atoms in total. The van der Waals surface area contributed by atoms with E-state index in [-0.39, 0.29) is 0 Å². The van der Waals surface area contributed by atoms with Crippen molar-refractivity contribution in [2.45, 2.75) is 58.4 Å². The van der Waals surface area contributed by atoms with E-state index in [2.05, 4.69) is 13.8 Å². The molecule has 1 heteroatoms. The van der Waals surface area contributed by atoms with E-state index in [1.807, 2.05) is 0 Å². The van der Waals surface area contributed by atoms with Gasteiger partial charge in [0.25, 0.3) is 0 Å².